The third kappa shape index (κ3) is 7.97. The zero-order valence-corrected chi connectivity index (χ0v) is 8.05. The van der Waals surface area contributed by atoms with Crippen LogP contribution in [0.2, 0.25) is 0 Å². The fraction of sp³-hybridized carbons (Fsp3) is 1.00. The van der Waals surface area contributed by atoms with E-state index in [1.807, 2.05) is 6.92 Å². The SMILES string of the molecule is CCCCCC(O)CS(=O)(=O)O. The minimum Gasteiger partial charge on any atom is -0.392 e. The van der Waals surface area contributed by atoms with Gasteiger partial charge in [-0.2, -0.15) is 8.42 Å². The van der Waals surface area contributed by atoms with Crippen molar-refractivity contribution in [2.24, 2.45) is 0 Å². The monoisotopic (exact) mass is 196 g/mol. The van der Waals surface area contributed by atoms with Crippen LogP contribution in [0.5, 0.6) is 0 Å². The molecule has 0 radical (unpaired) electrons. The Kier molecular flexibility index (Phi) is 5.44. The van der Waals surface area contributed by atoms with Crippen LogP contribution in [-0.2, 0) is 10.1 Å². The summed E-state index contributed by atoms with van der Waals surface area (Å²) in [5, 5.41) is 9.07. The Bertz CT molecular complexity index is 197. The molecule has 1 atom stereocenters. The van der Waals surface area contributed by atoms with Crippen LogP contribution in [0, 0.1) is 0 Å². The third-order valence-corrected chi connectivity index (χ3v) is 2.35. The quantitative estimate of drug-likeness (QED) is 0.487. The highest BCUT2D eigenvalue weighted by atomic mass is 32.2. The van der Waals surface area contributed by atoms with Crippen LogP contribution >= 0.6 is 0 Å². The fourth-order valence-corrected chi connectivity index (χ4v) is 1.61. The first-order chi connectivity index (χ1) is 5.45. The zero-order chi connectivity index (χ0) is 9.61. The standard InChI is InChI=1S/C7H16O4S/c1-2-3-4-5-7(8)6-12(9,10)11/h7-8H,2-6H2,1H3,(H,9,10,11). The summed E-state index contributed by atoms with van der Waals surface area (Å²) in [6.45, 7) is 2.02. The van der Waals surface area contributed by atoms with Crippen LogP contribution in [0.15, 0.2) is 0 Å². The first kappa shape index (κ1) is 11.9. The molecule has 4 nitrogen and oxygen atoms in total. The lowest BCUT2D eigenvalue weighted by Crippen LogP contribution is -2.19. The molecule has 74 valence electrons. The van der Waals surface area contributed by atoms with Gasteiger partial charge in [0.15, 0.2) is 0 Å². The van der Waals surface area contributed by atoms with Gasteiger partial charge in [-0.05, 0) is 6.42 Å². The Morgan fingerprint density at radius 2 is 1.92 bits per heavy atom. The molecule has 0 aliphatic rings. The van der Waals surface area contributed by atoms with Crippen molar-refractivity contribution >= 4 is 10.1 Å². The molecule has 12 heavy (non-hydrogen) atoms. The Balaban J connectivity index is 3.53. The van der Waals surface area contributed by atoms with Gasteiger partial charge in [0.05, 0.1) is 6.10 Å². The van der Waals surface area contributed by atoms with Crippen LogP contribution < -0.4 is 0 Å². The number of aliphatic hydroxyl groups is 1. The van der Waals surface area contributed by atoms with Gasteiger partial charge >= 0.3 is 0 Å². The predicted molar refractivity (Wildman–Crippen MR) is 46.6 cm³/mol. The number of unbranched alkanes of at least 4 members (excludes halogenated alkanes) is 2. The van der Waals surface area contributed by atoms with E-state index in [1.165, 1.54) is 0 Å². The Morgan fingerprint density at radius 1 is 1.33 bits per heavy atom. The number of rotatable bonds is 6. The first-order valence-electron chi connectivity index (χ1n) is 4.09. The molecule has 0 spiro atoms. The minimum atomic E-state index is -4.01. The highest BCUT2D eigenvalue weighted by Gasteiger charge is 2.12. The van der Waals surface area contributed by atoms with Crippen molar-refractivity contribution in [1.82, 2.24) is 0 Å². The van der Waals surface area contributed by atoms with Crippen molar-refractivity contribution in [2.75, 3.05) is 5.75 Å². The molecule has 0 saturated heterocycles. The van der Waals surface area contributed by atoms with Gasteiger partial charge in [-0.1, -0.05) is 26.2 Å². The van der Waals surface area contributed by atoms with E-state index in [0.717, 1.165) is 19.3 Å². The van der Waals surface area contributed by atoms with Gasteiger partial charge in [-0.15, -0.1) is 0 Å². The molecule has 0 bridgehead atoms. The molecule has 0 aromatic rings. The van der Waals surface area contributed by atoms with Gasteiger partial charge in [0.1, 0.15) is 5.75 Å². The van der Waals surface area contributed by atoms with Crippen molar-refractivity contribution < 1.29 is 18.1 Å². The Hall–Kier alpha value is -0.130. The maximum absolute atomic E-state index is 10.3. The largest absolute Gasteiger partial charge is 0.392 e. The van der Waals surface area contributed by atoms with Crippen molar-refractivity contribution in [1.29, 1.82) is 0 Å². The molecule has 0 aromatic carbocycles. The lowest BCUT2D eigenvalue weighted by Gasteiger charge is -2.06. The van der Waals surface area contributed by atoms with Crippen LogP contribution in [0.3, 0.4) is 0 Å². The molecule has 0 amide bonds. The van der Waals surface area contributed by atoms with Crippen LogP contribution in [0.1, 0.15) is 32.6 Å². The molecule has 0 rings (SSSR count). The highest BCUT2D eigenvalue weighted by Crippen LogP contribution is 2.04. The van der Waals surface area contributed by atoms with Gasteiger partial charge < -0.3 is 5.11 Å². The molecule has 0 aromatic heterocycles. The molecule has 0 heterocycles. The van der Waals surface area contributed by atoms with Gasteiger partial charge in [-0.3, -0.25) is 4.55 Å². The summed E-state index contributed by atoms with van der Waals surface area (Å²) in [4.78, 5) is 0. The van der Waals surface area contributed by atoms with Gasteiger partial charge in [-0.25, -0.2) is 0 Å². The lowest BCUT2D eigenvalue weighted by molar-refractivity contribution is 0.180. The average Bonchev–Trinajstić information content (AvgIpc) is 1.84. The molecule has 1 unspecified atom stereocenters. The van der Waals surface area contributed by atoms with E-state index in [0.29, 0.717) is 6.42 Å². The maximum atomic E-state index is 10.3. The van der Waals surface area contributed by atoms with Crippen LogP contribution in [-0.4, -0.2) is 29.9 Å². The number of aliphatic hydroxyl groups excluding tert-OH is 1. The molecule has 0 saturated carbocycles. The number of hydrogen-bond acceptors (Lipinski definition) is 3. The molecule has 5 heteroatoms. The Labute approximate surface area is 73.4 Å². The van der Waals surface area contributed by atoms with Crippen molar-refractivity contribution in [3.8, 4) is 0 Å². The smallest absolute Gasteiger partial charge is 0.267 e. The van der Waals surface area contributed by atoms with Crippen LogP contribution in [0.25, 0.3) is 0 Å². The molecular formula is C7H16O4S. The van der Waals surface area contributed by atoms with E-state index < -0.39 is 22.0 Å². The molecular weight excluding hydrogens is 180 g/mol. The van der Waals surface area contributed by atoms with Gasteiger partial charge in [0, 0.05) is 0 Å². The third-order valence-electron chi connectivity index (χ3n) is 1.54. The van der Waals surface area contributed by atoms with E-state index in [1.54, 1.807) is 0 Å². The van der Waals surface area contributed by atoms with Crippen molar-refractivity contribution in [3.05, 3.63) is 0 Å². The second kappa shape index (κ2) is 5.50. The first-order valence-corrected chi connectivity index (χ1v) is 5.70. The van der Waals surface area contributed by atoms with Gasteiger partial charge in [0.2, 0.25) is 0 Å². The zero-order valence-electron chi connectivity index (χ0n) is 7.23. The van der Waals surface area contributed by atoms with Crippen molar-refractivity contribution in [2.45, 2.75) is 38.7 Å². The van der Waals surface area contributed by atoms with E-state index in [2.05, 4.69) is 0 Å². The summed E-state index contributed by atoms with van der Waals surface area (Å²) < 4.78 is 28.9. The second-order valence-electron chi connectivity index (χ2n) is 2.90. The van der Waals surface area contributed by atoms with E-state index in [4.69, 9.17) is 9.66 Å². The Morgan fingerprint density at radius 3 is 2.33 bits per heavy atom. The topological polar surface area (TPSA) is 74.6 Å². The van der Waals surface area contributed by atoms with E-state index >= 15 is 0 Å². The molecule has 2 N–H and O–H groups in total. The average molecular weight is 196 g/mol. The van der Waals surface area contributed by atoms with Gasteiger partial charge in [0.25, 0.3) is 10.1 Å². The summed E-state index contributed by atoms with van der Waals surface area (Å²) in [5.74, 6) is -0.545. The van der Waals surface area contributed by atoms with E-state index in [9.17, 15) is 8.42 Å². The summed E-state index contributed by atoms with van der Waals surface area (Å²) in [6, 6.07) is 0. The molecule has 0 aliphatic carbocycles. The lowest BCUT2D eigenvalue weighted by atomic mass is 10.1. The second-order valence-corrected chi connectivity index (χ2v) is 4.40. The summed E-state index contributed by atoms with van der Waals surface area (Å²) >= 11 is 0. The summed E-state index contributed by atoms with van der Waals surface area (Å²) in [7, 11) is -4.01. The maximum Gasteiger partial charge on any atom is 0.267 e. The van der Waals surface area contributed by atoms with E-state index in [-0.39, 0.29) is 0 Å². The molecule has 0 fully saturated rings. The fourth-order valence-electron chi connectivity index (χ4n) is 0.956. The van der Waals surface area contributed by atoms with Crippen molar-refractivity contribution in [3.63, 3.8) is 0 Å². The normalized spacial score (nSPS) is 14.6. The number of hydrogen-bond donors (Lipinski definition) is 2. The molecule has 0 aliphatic heterocycles. The summed E-state index contributed by atoms with van der Waals surface area (Å²) in [6.07, 6.45) is 2.31. The van der Waals surface area contributed by atoms with Crippen LogP contribution in [0.4, 0.5) is 0 Å². The highest BCUT2D eigenvalue weighted by molar-refractivity contribution is 7.85. The minimum absolute atomic E-state index is 0.438. The predicted octanol–water partition coefficient (Wildman–Crippen LogP) is 0.815. The summed E-state index contributed by atoms with van der Waals surface area (Å²) in [5.41, 5.74) is 0.